The van der Waals surface area contributed by atoms with Gasteiger partial charge in [-0.15, -0.1) is 10.2 Å². The Labute approximate surface area is 101 Å². The molecule has 0 radical (unpaired) electrons. The third-order valence-electron chi connectivity index (χ3n) is 3.99. The molecule has 0 atom stereocenters. The van der Waals surface area contributed by atoms with E-state index in [-0.39, 0.29) is 0 Å². The van der Waals surface area contributed by atoms with E-state index in [0.717, 1.165) is 31.0 Å². The van der Waals surface area contributed by atoms with Crippen LogP contribution in [0.25, 0.3) is 0 Å². The molecule has 0 bridgehead atoms. The second-order valence-electron chi connectivity index (χ2n) is 4.76. The van der Waals surface area contributed by atoms with Crippen molar-refractivity contribution in [2.24, 2.45) is 5.41 Å². The lowest BCUT2D eigenvalue weighted by Crippen LogP contribution is -2.33. The third-order valence-corrected chi connectivity index (χ3v) is 3.99. The van der Waals surface area contributed by atoms with E-state index in [4.69, 9.17) is 0 Å². The molecule has 0 fully saturated rings. The summed E-state index contributed by atoms with van der Waals surface area (Å²) in [6.07, 6.45) is 3.80. The summed E-state index contributed by atoms with van der Waals surface area (Å²) in [6, 6.07) is 0. The van der Waals surface area contributed by atoms with Crippen LogP contribution < -0.4 is 0 Å². The highest BCUT2D eigenvalue weighted by Crippen LogP contribution is 2.31. The van der Waals surface area contributed by atoms with E-state index in [2.05, 4.69) is 14.8 Å². The molecular weight excluding hydrogens is 218 g/mol. The van der Waals surface area contributed by atoms with Gasteiger partial charge in [0.25, 0.3) is 0 Å². The number of carboxylic acid groups (broad SMARTS) is 1. The molecule has 5 nitrogen and oxygen atoms in total. The standard InChI is InChI=1S/C12H19N3O2/c1-3-12(4-2,11(16)17)8-10-14-13-9-6-5-7-15(9)10/h3-8H2,1-2H3,(H,16,17). The minimum atomic E-state index is -0.724. The Bertz CT molecular complexity index is 421. The number of aromatic nitrogens is 3. The van der Waals surface area contributed by atoms with E-state index in [0.29, 0.717) is 19.3 Å². The van der Waals surface area contributed by atoms with Crippen molar-refractivity contribution in [3.05, 3.63) is 11.6 Å². The van der Waals surface area contributed by atoms with Gasteiger partial charge < -0.3 is 9.67 Å². The molecule has 0 unspecified atom stereocenters. The number of nitrogens with zero attached hydrogens (tertiary/aromatic N) is 3. The van der Waals surface area contributed by atoms with Gasteiger partial charge in [0.05, 0.1) is 5.41 Å². The zero-order chi connectivity index (χ0) is 12.5. The molecule has 0 saturated carbocycles. The molecule has 0 spiro atoms. The van der Waals surface area contributed by atoms with E-state index < -0.39 is 11.4 Å². The summed E-state index contributed by atoms with van der Waals surface area (Å²) in [5.74, 6) is 1.12. The zero-order valence-electron chi connectivity index (χ0n) is 10.4. The number of carbonyl (C=O) groups is 1. The van der Waals surface area contributed by atoms with Crippen molar-refractivity contribution in [2.75, 3.05) is 0 Å². The molecule has 0 amide bonds. The van der Waals surface area contributed by atoms with Crippen molar-refractivity contribution in [1.29, 1.82) is 0 Å². The number of aryl methyl sites for hydroxylation is 1. The topological polar surface area (TPSA) is 68.0 Å². The van der Waals surface area contributed by atoms with Gasteiger partial charge in [-0.25, -0.2) is 0 Å². The lowest BCUT2D eigenvalue weighted by atomic mass is 9.79. The van der Waals surface area contributed by atoms with Crippen molar-refractivity contribution < 1.29 is 9.90 Å². The molecule has 0 aromatic carbocycles. The largest absolute Gasteiger partial charge is 0.481 e. The van der Waals surface area contributed by atoms with E-state index >= 15 is 0 Å². The van der Waals surface area contributed by atoms with Gasteiger partial charge >= 0.3 is 5.97 Å². The second kappa shape index (κ2) is 4.47. The molecule has 2 rings (SSSR count). The Morgan fingerprint density at radius 2 is 2.12 bits per heavy atom. The first-order valence-electron chi connectivity index (χ1n) is 6.27. The van der Waals surface area contributed by atoms with E-state index in [1.165, 1.54) is 0 Å². The first kappa shape index (κ1) is 12.1. The summed E-state index contributed by atoms with van der Waals surface area (Å²) >= 11 is 0. The van der Waals surface area contributed by atoms with Crippen LogP contribution in [0.3, 0.4) is 0 Å². The Kier molecular flexibility index (Phi) is 3.17. The fourth-order valence-corrected chi connectivity index (χ4v) is 2.52. The number of hydrogen-bond acceptors (Lipinski definition) is 3. The number of carboxylic acids is 1. The molecule has 1 N–H and O–H groups in total. The lowest BCUT2D eigenvalue weighted by molar-refractivity contribution is -0.149. The van der Waals surface area contributed by atoms with Gasteiger partial charge in [0.15, 0.2) is 0 Å². The number of rotatable bonds is 5. The summed E-state index contributed by atoms with van der Waals surface area (Å²) < 4.78 is 2.09. The first-order chi connectivity index (χ1) is 8.13. The van der Waals surface area contributed by atoms with E-state index in [1.54, 1.807) is 0 Å². The van der Waals surface area contributed by atoms with E-state index in [9.17, 15) is 9.90 Å². The van der Waals surface area contributed by atoms with Gasteiger partial charge in [0, 0.05) is 19.4 Å². The highest BCUT2D eigenvalue weighted by atomic mass is 16.4. The van der Waals surface area contributed by atoms with Gasteiger partial charge in [0.2, 0.25) is 0 Å². The normalized spacial score (nSPS) is 14.9. The van der Waals surface area contributed by atoms with Crippen LogP contribution in [0.4, 0.5) is 0 Å². The molecule has 1 aliphatic heterocycles. The maximum atomic E-state index is 11.5. The van der Waals surface area contributed by atoms with Gasteiger partial charge in [-0.05, 0) is 19.3 Å². The number of fused-ring (bicyclic) bond motifs is 1. The van der Waals surface area contributed by atoms with Crippen LogP contribution in [0.15, 0.2) is 0 Å². The molecule has 2 heterocycles. The van der Waals surface area contributed by atoms with Crippen LogP contribution in [0, 0.1) is 5.41 Å². The fourth-order valence-electron chi connectivity index (χ4n) is 2.52. The number of aliphatic carboxylic acids is 1. The van der Waals surface area contributed by atoms with Crippen LogP contribution in [0.2, 0.25) is 0 Å². The minimum Gasteiger partial charge on any atom is -0.481 e. The van der Waals surface area contributed by atoms with Gasteiger partial charge in [-0.3, -0.25) is 4.79 Å². The summed E-state index contributed by atoms with van der Waals surface area (Å²) in [5, 5.41) is 17.7. The highest BCUT2D eigenvalue weighted by molar-refractivity contribution is 5.74. The zero-order valence-corrected chi connectivity index (χ0v) is 10.4. The molecule has 1 aromatic heterocycles. The molecule has 5 heteroatoms. The van der Waals surface area contributed by atoms with E-state index in [1.807, 2.05) is 13.8 Å². The molecule has 1 aromatic rings. The van der Waals surface area contributed by atoms with Crippen LogP contribution in [-0.2, 0) is 24.2 Å². The fraction of sp³-hybridized carbons (Fsp3) is 0.750. The van der Waals surface area contributed by atoms with Crippen molar-refractivity contribution in [2.45, 2.75) is 52.5 Å². The lowest BCUT2D eigenvalue weighted by Gasteiger charge is -2.26. The summed E-state index contributed by atoms with van der Waals surface area (Å²) in [5.41, 5.74) is -0.688. The van der Waals surface area contributed by atoms with Gasteiger partial charge in [0.1, 0.15) is 11.6 Å². The molecule has 0 saturated heterocycles. The maximum Gasteiger partial charge on any atom is 0.310 e. The molecule has 0 aliphatic carbocycles. The molecule has 1 aliphatic rings. The van der Waals surface area contributed by atoms with Crippen LogP contribution in [-0.4, -0.2) is 25.8 Å². The second-order valence-corrected chi connectivity index (χ2v) is 4.76. The molecular formula is C12H19N3O2. The number of hydrogen-bond donors (Lipinski definition) is 1. The predicted molar refractivity (Wildman–Crippen MR) is 62.7 cm³/mol. The average Bonchev–Trinajstić information content (AvgIpc) is 2.89. The Morgan fingerprint density at radius 3 is 2.71 bits per heavy atom. The van der Waals surface area contributed by atoms with Crippen molar-refractivity contribution in [3.63, 3.8) is 0 Å². The summed E-state index contributed by atoms with van der Waals surface area (Å²) in [6.45, 7) is 4.79. The SMILES string of the molecule is CCC(CC)(Cc1nnc2n1CCC2)C(=O)O. The summed E-state index contributed by atoms with van der Waals surface area (Å²) in [7, 11) is 0. The van der Waals surface area contributed by atoms with Crippen LogP contribution in [0.5, 0.6) is 0 Å². The third kappa shape index (κ3) is 1.94. The maximum absolute atomic E-state index is 11.5. The highest BCUT2D eigenvalue weighted by Gasteiger charge is 2.37. The van der Waals surface area contributed by atoms with Crippen molar-refractivity contribution >= 4 is 5.97 Å². The Balaban J connectivity index is 2.26. The Morgan fingerprint density at radius 1 is 1.41 bits per heavy atom. The van der Waals surface area contributed by atoms with Crippen LogP contribution in [0.1, 0.15) is 44.8 Å². The Hall–Kier alpha value is -1.39. The predicted octanol–water partition coefficient (Wildman–Crippen LogP) is 1.66. The molecule has 94 valence electrons. The average molecular weight is 237 g/mol. The minimum absolute atomic E-state index is 0.488. The van der Waals surface area contributed by atoms with Crippen molar-refractivity contribution in [1.82, 2.24) is 14.8 Å². The smallest absolute Gasteiger partial charge is 0.310 e. The quantitative estimate of drug-likeness (QED) is 0.845. The molecule has 17 heavy (non-hydrogen) atoms. The monoisotopic (exact) mass is 237 g/mol. The van der Waals surface area contributed by atoms with Gasteiger partial charge in [-0.2, -0.15) is 0 Å². The van der Waals surface area contributed by atoms with Crippen LogP contribution >= 0.6 is 0 Å². The first-order valence-corrected chi connectivity index (χ1v) is 6.27. The van der Waals surface area contributed by atoms with Gasteiger partial charge in [-0.1, -0.05) is 13.8 Å². The van der Waals surface area contributed by atoms with Crippen molar-refractivity contribution in [3.8, 4) is 0 Å². The summed E-state index contributed by atoms with van der Waals surface area (Å²) in [4.78, 5) is 11.5.